The Balaban J connectivity index is 2.24. The molecule has 0 unspecified atom stereocenters. The van der Waals surface area contributed by atoms with Crippen LogP contribution in [0.4, 0.5) is 0 Å². The molecule has 0 spiro atoms. The van der Waals surface area contributed by atoms with Crippen LogP contribution in [0.2, 0.25) is 0 Å². The summed E-state index contributed by atoms with van der Waals surface area (Å²) in [4.78, 5) is 11.6. The number of hydrogen-bond donors (Lipinski definition) is 1. The van der Waals surface area contributed by atoms with Gasteiger partial charge in [0.2, 0.25) is 0 Å². The van der Waals surface area contributed by atoms with Gasteiger partial charge in [0, 0.05) is 35.5 Å². The van der Waals surface area contributed by atoms with Crippen molar-refractivity contribution in [3.63, 3.8) is 0 Å². The van der Waals surface area contributed by atoms with Gasteiger partial charge in [-0.2, -0.15) is 0 Å². The third-order valence-electron chi connectivity index (χ3n) is 4.93. The highest BCUT2D eigenvalue weighted by Crippen LogP contribution is 2.40. The number of fused-ring (bicyclic) bond motifs is 1. The molecular weight excluding hydrogens is 320 g/mol. The monoisotopic (exact) mass is 346 g/mol. The second-order valence-corrected chi connectivity index (χ2v) is 7.03. The van der Waals surface area contributed by atoms with E-state index in [9.17, 15) is 0 Å². The Morgan fingerprint density at radius 3 is 2.31 bits per heavy atom. The molecule has 1 saturated heterocycles. The second kappa shape index (κ2) is 7.34. The highest BCUT2D eigenvalue weighted by Gasteiger charge is 2.29. The Bertz CT molecular complexity index is 875. The van der Waals surface area contributed by atoms with Gasteiger partial charge in [0.1, 0.15) is 0 Å². The van der Waals surface area contributed by atoms with Crippen LogP contribution in [-0.2, 0) is 0 Å². The predicted molar refractivity (Wildman–Crippen MR) is 111 cm³/mol. The second-order valence-electron chi connectivity index (χ2n) is 7.03. The maximum Gasteiger partial charge on any atom is 0.0966 e. The van der Waals surface area contributed by atoms with E-state index in [-0.39, 0.29) is 0 Å². The molecule has 0 atom stereocenters. The van der Waals surface area contributed by atoms with Gasteiger partial charge in [-0.25, -0.2) is 0 Å². The van der Waals surface area contributed by atoms with Gasteiger partial charge < -0.3 is 5.41 Å². The number of benzene rings is 1. The summed E-state index contributed by atoms with van der Waals surface area (Å²) < 4.78 is 0. The normalized spacial score (nSPS) is 18.4. The Morgan fingerprint density at radius 1 is 1.15 bits per heavy atom. The quantitative estimate of drug-likeness (QED) is 0.784. The molecule has 4 heteroatoms. The van der Waals surface area contributed by atoms with Crippen molar-refractivity contribution in [1.82, 2.24) is 4.90 Å². The highest BCUT2D eigenvalue weighted by atomic mass is 15.2. The standard InChI is InChI=1S/C22H26N4/c1-14(2)19(16(4)23)20-15(3)17-9-6-7-10-18(17)21(22(20)24-5)25-13-26-11-8-12-26/h6-7,9-10,23H,3,5,8,11-13H2,1-2,4H3. The van der Waals surface area contributed by atoms with Crippen molar-refractivity contribution in [3.8, 4) is 0 Å². The zero-order valence-corrected chi connectivity index (χ0v) is 15.9. The Morgan fingerprint density at radius 2 is 1.81 bits per heavy atom. The molecule has 26 heavy (non-hydrogen) atoms. The zero-order chi connectivity index (χ0) is 18.8. The average Bonchev–Trinajstić information content (AvgIpc) is 2.56. The highest BCUT2D eigenvalue weighted by molar-refractivity contribution is 6.23. The van der Waals surface area contributed by atoms with Gasteiger partial charge >= 0.3 is 0 Å². The molecule has 1 aromatic rings. The molecule has 0 saturated carbocycles. The summed E-state index contributed by atoms with van der Waals surface area (Å²) in [6.45, 7) is 16.9. The molecule has 1 N–H and O–H groups in total. The Hall–Kier alpha value is -2.59. The Labute approximate surface area is 155 Å². The number of nitrogens with zero attached hydrogens (tertiary/aromatic N) is 3. The first-order valence-corrected chi connectivity index (χ1v) is 8.96. The van der Waals surface area contributed by atoms with Gasteiger partial charge in [0.05, 0.1) is 18.1 Å². The summed E-state index contributed by atoms with van der Waals surface area (Å²) in [5.74, 6) is 0. The van der Waals surface area contributed by atoms with Crippen molar-refractivity contribution < 1.29 is 0 Å². The number of rotatable bonds is 5. The van der Waals surface area contributed by atoms with Gasteiger partial charge in [-0.15, -0.1) is 0 Å². The number of allylic oxidation sites excluding steroid dienone is 5. The smallest absolute Gasteiger partial charge is 0.0966 e. The Kier molecular flexibility index (Phi) is 5.14. The molecule has 1 aromatic carbocycles. The van der Waals surface area contributed by atoms with E-state index >= 15 is 0 Å². The fraction of sp³-hybridized carbons (Fsp3) is 0.318. The number of hydrogen-bond acceptors (Lipinski definition) is 4. The summed E-state index contributed by atoms with van der Waals surface area (Å²) in [5.41, 5.74) is 7.89. The molecule has 1 aliphatic heterocycles. The van der Waals surface area contributed by atoms with Crippen molar-refractivity contribution in [2.24, 2.45) is 9.98 Å². The molecular formula is C22H26N4. The van der Waals surface area contributed by atoms with Crippen molar-refractivity contribution in [2.45, 2.75) is 27.2 Å². The van der Waals surface area contributed by atoms with E-state index in [1.165, 1.54) is 6.42 Å². The van der Waals surface area contributed by atoms with Crippen LogP contribution >= 0.6 is 0 Å². The summed E-state index contributed by atoms with van der Waals surface area (Å²) in [6.07, 6.45) is 1.24. The fourth-order valence-electron chi connectivity index (χ4n) is 3.57. The lowest BCUT2D eigenvalue weighted by molar-refractivity contribution is 0.188. The van der Waals surface area contributed by atoms with Crippen LogP contribution in [0.3, 0.4) is 0 Å². The van der Waals surface area contributed by atoms with Gasteiger partial charge in [-0.05, 0) is 45.0 Å². The van der Waals surface area contributed by atoms with Crippen molar-refractivity contribution >= 4 is 23.7 Å². The minimum Gasteiger partial charge on any atom is -0.305 e. The van der Waals surface area contributed by atoms with Crippen LogP contribution in [0.15, 0.2) is 63.2 Å². The van der Waals surface area contributed by atoms with Crippen molar-refractivity contribution in [3.05, 3.63) is 64.4 Å². The molecule has 1 heterocycles. The molecule has 2 aliphatic rings. The molecule has 1 fully saturated rings. The van der Waals surface area contributed by atoms with Gasteiger partial charge in [-0.1, -0.05) is 36.4 Å². The van der Waals surface area contributed by atoms with E-state index in [1.807, 2.05) is 26.0 Å². The first kappa shape index (κ1) is 18.2. The minimum absolute atomic E-state index is 0.503. The average molecular weight is 346 g/mol. The van der Waals surface area contributed by atoms with Crippen LogP contribution in [0.1, 0.15) is 38.3 Å². The summed E-state index contributed by atoms with van der Waals surface area (Å²) in [6, 6.07) is 8.16. The lowest BCUT2D eigenvalue weighted by Crippen LogP contribution is -2.37. The third-order valence-corrected chi connectivity index (χ3v) is 4.93. The summed E-state index contributed by atoms with van der Waals surface area (Å²) in [5, 5.41) is 8.29. The summed E-state index contributed by atoms with van der Waals surface area (Å²) in [7, 11) is 0. The largest absolute Gasteiger partial charge is 0.305 e. The van der Waals surface area contributed by atoms with E-state index in [0.29, 0.717) is 12.4 Å². The van der Waals surface area contributed by atoms with Crippen LogP contribution < -0.4 is 0 Å². The molecule has 0 amide bonds. The molecule has 3 rings (SSSR count). The van der Waals surface area contributed by atoms with Crippen molar-refractivity contribution in [1.29, 1.82) is 5.41 Å². The van der Waals surface area contributed by atoms with E-state index in [1.54, 1.807) is 6.92 Å². The first-order valence-electron chi connectivity index (χ1n) is 8.96. The zero-order valence-electron chi connectivity index (χ0n) is 15.9. The number of nitrogens with one attached hydrogen (secondary N) is 1. The number of likely N-dealkylation sites (tertiary alicyclic amines) is 1. The van der Waals surface area contributed by atoms with Gasteiger partial charge in [0.15, 0.2) is 0 Å². The van der Waals surface area contributed by atoms with Crippen LogP contribution in [0.25, 0.3) is 5.57 Å². The number of aliphatic imine (C=N–C) groups is 2. The minimum atomic E-state index is 0.503. The molecule has 0 aromatic heterocycles. The van der Waals surface area contributed by atoms with Crippen molar-refractivity contribution in [2.75, 3.05) is 19.8 Å². The van der Waals surface area contributed by atoms with Crippen LogP contribution in [0, 0.1) is 5.41 Å². The lowest BCUT2D eigenvalue weighted by atomic mass is 9.79. The molecule has 0 bridgehead atoms. The van der Waals surface area contributed by atoms with E-state index in [2.05, 4.69) is 35.3 Å². The SMILES string of the molecule is C=NC1=C(C(C(C)=N)=C(C)C)C(=C)c2ccccc2C1=NCN1CCC1. The molecule has 4 nitrogen and oxygen atoms in total. The fourth-order valence-corrected chi connectivity index (χ4v) is 3.57. The molecule has 0 radical (unpaired) electrons. The first-order chi connectivity index (χ1) is 12.5. The maximum atomic E-state index is 8.29. The van der Waals surface area contributed by atoms with E-state index in [0.717, 1.165) is 57.9 Å². The topological polar surface area (TPSA) is 51.8 Å². The lowest BCUT2D eigenvalue weighted by Gasteiger charge is -2.30. The summed E-state index contributed by atoms with van der Waals surface area (Å²) >= 11 is 0. The predicted octanol–water partition coefficient (Wildman–Crippen LogP) is 4.50. The van der Waals surface area contributed by atoms with Crippen LogP contribution in [-0.4, -0.2) is 42.8 Å². The maximum absolute atomic E-state index is 8.29. The van der Waals surface area contributed by atoms with E-state index in [4.69, 9.17) is 10.4 Å². The third kappa shape index (κ3) is 3.13. The van der Waals surface area contributed by atoms with Gasteiger partial charge in [0.25, 0.3) is 0 Å². The molecule has 134 valence electrons. The van der Waals surface area contributed by atoms with Gasteiger partial charge in [-0.3, -0.25) is 14.9 Å². The van der Waals surface area contributed by atoms with E-state index < -0.39 is 0 Å². The molecule has 1 aliphatic carbocycles. The van der Waals surface area contributed by atoms with Crippen LogP contribution in [0.5, 0.6) is 0 Å².